The van der Waals surface area contributed by atoms with Crippen molar-refractivity contribution in [1.82, 2.24) is 9.29 Å². The van der Waals surface area contributed by atoms with Crippen molar-refractivity contribution in [1.29, 1.82) is 0 Å². The Kier molecular flexibility index (Phi) is 6.04. The van der Waals surface area contributed by atoms with Crippen molar-refractivity contribution in [3.8, 4) is 11.4 Å². The zero-order valence-corrected chi connectivity index (χ0v) is 19.4. The second-order valence-electron chi connectivity index (χ2n) is 6.91. The van der Waals surface area contributed by atoms with Crippen LogP contribution in [-0.4, -0.2) is 30.0 Å². The SMILES string of the molecule is NC(=O)c1c(O)c2ccccc2c(=O)n1-c1ccc(NC(=O)NS(=O)(=O)c2ccc(Cl)s2)cc1. The number of hydrogen-bond donors (Lipinski definition) is 4. The van der Waals surface area contributed by atoms with E-state index in [4.69, 9.17) is 17.3 Å². The van der Waals surface area contributed by atoms with Gasteiger partial charge < -0.3 is 16.2 Å². The number of aromatic hydroxyl groups is 1. The third-order valence-electron chi connectivity index (χ3n) is 4.72. The van der Waals surface area contributed by atoms with E-state index in [-0.39, 0.29) is 30.7 Å². The Morgan fingerprint density at radius 3 is 2.24 bits per heavy atom. The van der Waals surface area contributed by atoms with E-state index in [0.29, 0.717) is 0 Å². The lowest BCUT2D eigenvalue weighted by molar-refractivity contribution is 0.0990. The van der Waals surface area contributed by atoms with Gasteiger partial charge >= 0.3 is 6.03 Å². The molecule has 0 aliphatic rings. The third kappa shape index (κ3) is 4.33. The first kappa shape index (κ1) is 23.3. The van der Waals surface area contributed by atoms with Crippen molar-refractivity contribution in [3.63, 3.8) is 0 Å². The van der Waals surface area contributed by atoms with Gasteiger partial charge in [0.2, 0.25) is 0 Å². The number of carbonyl (C=O) groups is 2. The van der Waals surface area contributed by atoms with E-state index in [1.807, 2.05) is 4.72 Å². The molecule has 4 aromatic rings. The van der Waals surface area contributed by atoms with Crippen molar-refractivity contribution in [2.24, 2.45) is 5.73 Å². The summed E-state index contributed by atoms with van der Waals surface area (Å²) < 4.78 is 27.4. The molecule has 0 saturated heterocycles. The Bertz CT molecular complexity index is 1610. The van der Waals surface area contributed by atoms with Crippen LogP contribution < -0.4 is 21.3 Å². The number of fused-ring (bicyclic) bond motifs is 1. The smallest absolute Gasteiger partial charge is 0.333 e. The molecule has 0 bridgehead atoms. The van der Waals surface area contributed by atoms with Crippen LogP contribution in [0.1, 0.15) is 10.5 Å². The lowest BCUT2D eigenvalue weighted by Crippen LogP contribution is -2.34. The molecule has 0 unspecified atom stereocenters. The number of amides is 3. The van der Waals surface area contributed by atoms with Gasteiger partial charge in [0, 0.05) is 16.8 Å². The van der Waals surface area contributed by atoms with Gasteiger partial charge in [0.25, 0.3) is 21.5 Å². The fraction of sp³-hybridized carbons (Fsp3) is 0. The number of rotatable bonds is 5. The molecule has 174 valence electrons. The zero-order valence-electron chi connectivity index (χ0n) is 17.0. The predicted octanol–water partition coefficient (Wildman–Crippen LogP) is 3.02. The minimum Gasteiger partial charge on any atom is -0.505 e. The fourth-order valence-electron chi connectivity index (χ4n) is 3.27. The molecule has 0 aliphatic heterocycles. The van der Waals surface area contributed by atoms with E-state index in [0.717, 1.165) is 15.9 Å². The van der Waals surface area contributed by atoms with Crippen molar-refractivity contribution in [2.45, 2.75) is 4.21 Å². The summed E-state index contributed by atoms with van der Waals surface area (Å²) in [4.78, 5) is 37.3. The van der Waals surface area contributed by atoms with Gasteiger partial charge in [-0.15, -0.1) is 11.3 Å². The Morgan fingerprint density at radius 1 is 1.00 bits per heavy atom. The van der Waals surface area contributed by atoms with Gasteiger partial charge in [0.15, 0.2) is 11.4 Å². The van der Waals surface area contributed by atoms with Crippen LogP contribution in [0.3, 0.4) is 0 Å². The Balaban J connectivity index is 1.64. The van der Waals surface area contributed by atoms with Crippen molar-refractivity contribution >= 4 is 61.4 Å². The van der Waals surface area contributed by atoms with Gasteiger partial charge in [-0.05, 0) is 42.5 Å². The molecule has 2 aromatic heterocycles. The number of nitrogens with one attached hydrogen (secondary N) is 2. The van der Waals surface area contributed by atoms with Crippen LogP contribution in [0.25, 0.3) is 16.5 Å². The summed E-state index contributed by atoms with van der Waals surface area (Å²) in [6.07, 6.45) is 0. The molecule has 2 aromatic carbocycles. The lowest BCUT2D eigenvalue weighted by Gasteiger charge is -2.15. The van der Waals surface area contributed by atoms with Crippen molar-refractivity contribution < 1.29 is 23.1 Å². The molecule has 0 aliphatic carbocycles. The molecule has 0 radical (unpaired) electrons. The molecule has 13 heteroatoms. The number of benzene rings is 2. The maximum Gasteiger partial charge on any atom is 0.333 e. The minimum atomic E-state index is -4.11. The number of anilines is 1. The summed E-state index contributed by atoms with van der Waals surface area (Å²) in [5, 5.41) is 13.3. The van der Waals surface area contributed by atoms with Gasteiger partial charge in [-0.25, -0.2) is 17.9 Å². The topological polar surface area (TPSA) is 161 Å². The molecule has 4 rings (SSSR count). The van der Waals surface area contributed by atoms with Crippen LogP contribution in [-0.2, 0) is 10.0 Å². The highest BCUT2D eigenvalue weighted by Gasteiger charge is 2.22. The summed E-state index contributed by atoms with van der Waals surface area (Å²) in [7, 11) is -4.11. The summed E-state index contributed by atoms with van der Waals surface area (Å²) in [6, 6.07) is 13.4. The maximum absolute atomic E-state index is 13.1. The normalized spacial score (nSPS) is 11.3. The number of thiophene rings is 1. The first-order valence-electron chi connectivity index (χ1n) is 9.44. The minimum absolute atomic E-state index is 0.127. The molecule has 34 heavy (non-hydrogen) atoms. The summed E-state index contributed by atoms with van der Waals surface area (Å²) in [5.41, 5.74) is 4.83. The number of urea groups is 1. The van der Waals surface area contributed by atoms with Gasteiger partial charge in [-0.3, -0.25) is 14.2 Å². The van der Waals surface area contributed by atoms with E-state index in [2.05, 4.69) is 5.32 Å². The van der Waals surface area contributed by atoms with Crippen molar-refractivity contribution in [3.05, 3.63) is 81.0 Å². The quantitative estimate of drug-likeness (QED) is 0.317. The third-order valence-corrected chi connectivity index (χ3v) is 7.77. The van der Waals surface area contributed by atoms with E-state index in [9.17, 15) is 27.9 Å². The van der Waals surface area contributed by atoms with Crippen LogP contribution in [0.15, 0.2) is 69.7 Å². The van der Waals surface area contributed by atoms with E-state index < -0.39 is 39.0 Å². The number of aromatic nitrogens is 1. The second kappa shape index (κ2) is 8.82. The second-order valence-corrected chi connectivity index (χ2v) is 10.5. The molecule has 0 fully saturated rings. The molecule has 0 saturated carbocycles. The van der Waals surface area contributed by atoms with E-state index >= 15 is 0 Å². The highest BCUT2D eigenvalue weighted by atomic mass is 35.5. The number of sulfonamides is 1. The highest BCUT2D eigenvalue weighted by molar-refractivity contribution is 7.92. The van der Waals surface area contributed by atoms with Crippen LogP contribution in [0.2, 0.25) is 4.34 Å². The maximum atomic E-state index is 13.1. The lowest BCUT2D eigenvalue weighted by atomic mass is 10.1. The summed E-state index contributed by atoms with van der Waals surface area (Å²) in [6.45, 7) is 0. The van der Waals surface area contributed by atoms with Crippen LogP contribution >= 0.6 is 22.9 Å². The first-order valence-corrected chi connectivity index (χ1v) is 12.1. The number of nitrogens with zero attached hydrogens (tertiary/aromatic N) is 1. The van der Waals surface area contributed by atoms with E-state index in [1.165, 1.54) is 48.5 Å². The van der Waals surface area contributed by atoms with Gasteiger partial charge in [0.1, 0.15) is 4.21 Å². The highest BCUT2D eigenvalue weighted by Crippen LogP contribution is 2.28. The molecule has 10 nitrogen and oxygen atoms in total. The molecule has 0 atom stereocenters. The van der Waals surface area contributed by atoms with Gasteiger partial charge in [-0.2, -0.15) is 0 Å². The summed E-state index contributed by atoms with van der Waals surface area (Å²) in [5.74, 6) is -1.45. The first-order chi connectivity index (χ1) is 16.1. The molecular formula is C21H15ClN4O6S2. The standard InChI is InChI=1S/C21H15ClN4O6S2/c22-15-9-10-16(33-15)34(31,32)25-21(30)24-11-5-7-12(8-6-11)26-17(19(23)28)18(27)13-3-1-2-4-14(13)20(26)29/h1-10,27H,(H2,23,28)(H2,24,25,30). The largest absolute Gasteiger partial charge is 0.505 e. The number of nitrogens with two attached hydrogens (primary N) is 1. The molecule has 0 spiro atoms. The number of primary amides is 1. The van der Waals surface area contributed by atoms with Crippen molar-refractivity contribution in [2.75, 3.05) is 5.32 Å². The number of halogens is 1. The molecule has 2 heterocycles. The van der Waals surface area contributed by atoms with E-state index in [1.54, 1.807) is 12.1 Å². The Labute approximate surface area is 201 Å². The summed E-state index contributed by atoms with van der Waals surface area (Å²) >= 11 is 6.53. The van der Waals surface area contributed by atoms with Gasteiger partial charge in [-0.1, -0.05) is 29.8 Å². The Hall–Kier alpha value is -3.87. The predicted molar refractivity (Wildman–Crippen MR) is 128 cm³/mol. The molecular weight excluding hydrogens is 504 g/mol. The molecule has 3 amide bonds. The Morgan fingerprint density at radius 2 is 1.65 bits per heavy atom. The number of carbonyl (C=O) groups excluding carboxylic acids is 2. The number of hydrogen-bond acceptors (Lipinski definition) is 7. The molecule has 5 N–H and O–H groups in total. The average Bonchev–Trinajstić information content (AvgIpc) is 3.23. The van der Waals surface area contributed by atoms with Gasteiger partial charge in [0.05, 0.1) is 9.72 Å². The number of pyridine rings is 1. The van der Waals surface area contributed by atoms with Crippen LogP contribution in [0, 0.1) is 0 Å². The monoisotopic (exact) mass is 518 g/mol. The zero-order chi connectivity index (χ0) is 24.6. The average molecular weight is 519 g/mol. The van der Waals surface area contributed by atoms with Crippen LogP contribution in [0.4, 0.5) is 10.5 Å². The van der Waals surface area contributed by atoms with Crippen LogP contribution in [0.5, 0.6) is 5.75 Å². The fourth-order valence-corrected chi connectivity index (χ4v) is 5.66.